The maximum absolute atomic E-state index is 12.7. The fourth-order valence-corrected chi connectivity index (χ4v) is 2.99. The normalized spacial score (nSPS) is 12.0. The van der Waals surface area contributed by atoms with E-state index in [2.05, 4.69) is 10.0 Å². The summed E-state index contributed by atoms with van der Waals surface area (Å²) in [5.74, 6) is 1.03. The van der Waals surface area contributed by atoms with Gasteiger partial charge < -0.3 is 14.8 Å². The second kappa shape index (κ2) is 8.70. The maximum Gasteiger partial charge on any atom is 0.327 e. The van der Waals surface area contributed by atoms with Crippen molar-refractivity contribution in [1.82, 2.24) is 10.0 Å². The molecule has 2 N–H and O–H groups in total. The Morgan fingerprint density at radius 3 is 2.43 bits per heavy atom. The first-order chi connectivity index (χ1) is 13.1. The number of hydrogen-bond acceptors (Lipinski definition) is 6. The summed E-state index contributed by atoms with van der Waals surface area (Å²) < 4.78 is 25.8. The van der Waals surface area contributed by atoms with E-state index in [-0.39, 0.29) is 16.3 Å². The van der Waals surface area contributed by atoms with Crippen LogP contribution in [0.1, 0.15) is 20.8 Å². The van der Waals surface area contributed by atoms with Crippen LogP contribution in [0.3, 0.4) is 0 Å². The van der Waals surface area contributed by atoms with Crippen molar-refractivity contribution in [1.29, 1.82) is 0 Å². The summed E-state index contributed by atoms with van der Waals surface area (Å²) in [6, 6.07) is 9.66. The van der Waals surface area contributed by atoms with Crippen LogP contribution in [0, 0.1) is 10.1 Å². The van der Waals surface area contributed by atoms with Crippen LogP contribution < -0.4 is 19.5 Å². The Balaban J connectivity index is 2.34. The van der Waals surface area contributed by atoms with E-state index in [1.165, 1.54) is 19.2 Å². The van der Waals surface area contributed by atoms with Gasteiger partial charge in [-0.2, -0.15) is 0 Å². The standard InChI is InChI=1S/C18H21N3O6S/c1-18(2,3)19-17(22)20-28(25)16-10-12(21(23)24)8-9-15(16)27-14-7-5-6-13(11-14)26-4/h5-11H,1-4H3,(H2,19,20,22). The van der Waals surface area contributed by atoms with Gasteiger partial charge in [-0.25, -0.2) is 9.00 Å². The lowest BCUT2D eigenvalue weighted by atomic mass is 10.1. The van der Waals surface area contributed by atoms with Crippen LogP contribution in [0.5, 0.6) is 17.2 Å². The Morgan fingerprint density at radius 1 is 1.14 bits per heavy atom. The summed E-state index contributed by atoms with van der Waals surface area (Å²) in [6.07, 6.45) is 0. The van der Waals surface area contributed by atoms with Gasteiger partial charge >= 0.3 is 6.03 Å². The quantitative estimate of drug-likeness (QED) is 0.558. The van der Waals surface area contributed by atoms with Gasteiger partial charge in [-0.3, -0.25) is 14.8 Å². The minimum Gasteiger partial charge on any atom is -0.497 e. The second-order valence-electron chi connectivity index (χ2n) is 6.74. The van der Waals surface area contributed by atoms with Crippen LogP contribution in [0.15, 0.2) is 47.4 Å². The molecule has 9 nitrogen and oxygen atoms in total. The largest absolute Gasteiger partial charge is 0.497 e. The van der Waals surface area contributed by atoms with E-state index in [9.17, 15) is 19.1 Å². The first-order valence-electron chi connectivity index (χ1n) is 8.20. The minimum atomic E-state index is -2.09. The molecule has 0 spiro atoms. The smallest absolute Gasteiger partial charge is 0.327 e. The number of carbonyl (C=O) groups is 1. The van der Waals surface area contributed by atoms with Crippen molar-refractivity contribution in [2.75, 3.05) is 7.11 Å². The molecule has 0 aliphatic rings. The number of nitro groups is 1. The fourth-order valence-electron chi connectivity index (χ4n) is 2.14. The van der Waals surface area contributed by atoms with Crippen LogP contribution in [0.25, 0.3) is 0 Å². The molecule has 2 aromatic carbocycles. The van der Waals surface area contributed by atoms with Crippen molar-refractivity contribution < 1.29 is 23.4 Å². The van der Waals surface area contributed by atoms with Crippen LogP contribution in [-0.2, 0) is 11.0 Å². The third-order valence-electron chi connectivity index (χ3n) is 3.28. The van der Waals surface area contributed by atoms with Gasteiger partial charge in [0.25, 0.3) is 5.69 Å². The number of nitrogens with one attached hydrogen (secondary N) is 2. The summed E-state index contributed by atoms with van der Waals surface area (Å²) >= 11 is 0. The number of amides is 2. The summed E-state index contributed by atoms with van der Waals surface area (Å²) in [5, 5.41) is 13.7. The van der Waals surface area contributed by atoms with Gasteiger partial charge in [0.2, 0.25) is 0 Å². The molecule has 2 aromatic rings. The van der Waals surface area contributed by atoms with Gasteiger partial charge in [0.15, 0.2) is 11.0 Å². The summed E-state index contributed by atoms with van der Waals surface area (Å²) in [7, 11) is -0.587. The molecular formula is C18H21N3O6S. The highest BCUT2D eigenvalue weighted by Gasteiger charge is 2.21. The molecule has 2 amide bonds. The third-order valence-corrected chi connectivity index (χ3v) is 4.37. The molecule has 28 heavy (non-hydrogen) atoms. The topological polar surface area (TPSA) is 120 Å². The number of urea groups is 1. The van der Waals surface area contributed by atoms with Crippen LogP contribution >= 0.6 is 0 Å². The van der Waals surface area contributed by atoms with E-state index in [4.69, 9.17) is 9.47 Å². The highest BCUT2D eigenvalue weighted by Crippen LogP contribution is 2.32. The Bertz CT molecular complexity index is 910. The number of nitrogens with zero attached hydrogens (tertiary/aromatic N) is 1. The fraction of sp³-hybridized carbons (Fsp3) is 0.278. The Kier molecular flexibility index (Phi) is 6.57. The molecule has 0 aromatic heterocycles. The molecule has 0 radical (unpaired) electrons. The highest BCUT2D eigenvalue weighted by atomic mass is 32.2. The van der Waals surface area contributed by atoms with Crippen LogP contribution in [-0.4, -0.2) is 27.8 Å². The summed E-state index contributed by atoms with van der Waals surface area (Å²) in [4.78, 5) is 22.4. The average Bonchev–Trinajstić information content (AvgIpc) is 2.60. The van der Waals surface area contributed by atoms with Gasteiger partial charge in [-0.1, -0.05) is 6.07 Å². The molecule has 0 bridgehead atoms. The number of ether oxygens (including phenoxy) is 2. The SMILES string of the molecule is COc1cccc(Oc2ccc([N+](=O)[O-])cc2S(=O)NC(=O)NC(C)(C)C)c1. The number of methoxy groups -OCH3 is 1. The molecule has 1 atom stereocenters. The van der Waals surface area contributed by atoms with E-state index in [1.807, 2.05) is 0 Å². The molecule has 0 heterocycles. The van der Waals surface area contributed by atoms with E-state index in [0.717, 1.165) is 6.07 Å². The number of carbonyl (C=O) groups excluding carboxylic acids is 1. The number of benzene rings is 2. The summed E-state index contributed by atoms with van der Waals surface area (Å²) in [5.41, 5.74) is -0.823. The Morgan fingerprint density at radius 2 is 1.82 bits per heavy atom. The highest BCUT2D eigenvalue weighted by molar-refractivity contribution is 7.83. The number of nitro benzene ring substituents is 1. The van der Waals surface area contributed by atoms with Gasteiger partial charge in [-0.05, 0) is 39.0 Å². The van der Waals surface area contributed by atoms with E-state index in [1.54, 1.807) is 45.0 Å². The molecule has 0 aliphatic heterocycles. The lowest BCUT2D eigenvalue weighted by Crippen LogP contribution is -2.46. The molecule has 10 heteroatoms. The molecule has 0 fully saturated rings. The lowest BCUT2D eigenvalue weighted by Gasteiger charge is -2.20. The van der Waals surface area contributed by atoms with Crippen molar-refractivity contribution in [2.45, 2.75) is 31.2 Å². The van der Waals surface area contributed by atoms with E-state index < -0.39 is 27.5 Å². The number of hydrogen-bond donors (Lipinski definition) is 2. The predicted molar refractivity (Wildman–Crippen MR) is 104 cm³/mol. The van der Waals surface area contributed by atoms with Crippen molar-refractivity contribution in [3.63, 3.8) is 0 Å². The first-order valence-corrected chi connectivity index (χ1v) is 9.35. The van der Waals surface area contributed by atoms with Crippen molar-refractivity contribution in [3.8, 4) is 17.2 Å². The molecule has 0 saturated heterocycles. The first kappa shape index (κ1) is 21.2. The zero-order valence-corrected chi connectivity index (χ0v) is 16.7. The van der Waals surface area contributed by atoms with E-state index in [0.29, 0.717) is 11.5 Å². The number of rotatable bonds is 6. The van der Waals surface area contributed by atoms with Gasteiger partial charge in [0.05, 0.1) is 12.0 Å². The molecule has 0 aliphatic carbocycles. The Hall–Kier alpha value is -3.14. The average molecular weight is 407 g/mol. The molecule has 0 saturated carbocycles. The molecule has 1 unspecified atom stereocenters. The minimum absolute atomic E-state index is 0.0407. The maximum atomic E-state index is 12.7. The zero-order valence-electron chi connectivity index (χ0n) is 15.8. The zero-order chi connectivity index (χ0) is 20.9. The van der Waals surface area contributed by atoms with Crippen molar-refractivity contribution >= 4 is 22.7 Å². The monoisotopic (exact) mass is 407 g/mol. The lowest BCUT2D eigenvalue weighted by molar-refractivity contribution is -0.385. The van der Waals surface area contributed by atoms with Crippen molar-refractivity contribution in [3.05, 3.63) is 52.6 Å². The van der Waals surface area contributed by atoms with Gasteiger partial charge in [0, 0.05) is 23.7 Å². The molecule has 150 valence electrons. The van der Waals surface area contributed by atoms with Crippen LogP contribution in [0.2, 0.25) is 0 Å². The van der Waals surface area contributed by atoms with Gasteiger partial charge in [-0.15, -0.1) is 0 Å². The van der Waals surface area contributed by atoms with Crippen LogP contribution in [0.4, 0.5) is 10.5 Å². The molecule has 2 rings (SSSR count). The Labute approximate surface area is 164 Å². The summed E-state index contributed by atoms with van der Waals surface area (Å²) in [6.45, 7) is 5.29. The van der Waals surface area contributed by atoms with E-state index >= 15 is 0 Å². The predicted octanol–water partition coefficient (Wildman–Crippen LogP) is 3.52. The number of non-ortho nitro benzene ring substituents is 1. The second-order valence-corrected chi connectivity index (χ2v) is 7.93. The van der Waals surface area contributed by atoms with Crippen molar-refractivity contribution in [2.24, 2.45) is 0 Å². The van der Waals surface area contributed by atoms with Gasteiger partial charge in [0.1, 0.15) is 22.1 Å². The third kappa shape index (κ3) is 5.95. The molecular weight excluding hydrogens is 386 g/mol.